The average Bonchev–Trinajstić information content (AvgIpc) is 2.63. The first-order valence-corrected chi connectivity index (χ1v) is 7.70. The Morgan fingerprint density at radius 1 is 1.38 bits per heavy atom. The number of rotatable bonds is 5. The van der Waals surface area contributed by atoms with Crippen LogP contribution in [-0.4, -0.2) is 22.3 Å². The van der Waals surface area contributed by atoms with Crippen LogP contribution in [0.5, 0.6) is 0 Å². The molecule has 0 bridgehead atoms. The zero-order valence-corrected chi connectivity index (χ0v) is 14.5. The maximum atomic E-state index is 11.9. The van der Waals surface area contributed by atoms with Gasteiger partial charge in [0.2, 0.25) is 0 Å². The van der Waals surface area contributed by atoms with E-state index >= 15 is 0 Å². The molecule has 0 radical (unpaired) electrons. The van der Waals surface area contributed by atoms with Crippen LogP contribution in [0.3, 0.4) is 0 Å². The van der Waals surface area contributed by atoms with Crippen LogP contribution in [0.15, 0.2) is 12.3 Å². The molecule has 1 N–H and O–H groups in total. The van der Waals surface area contributed by atoms with Crippen molar-refractivity contribution >= 4 is 6.09 Å². The van der Waals surface area contributed by atoms with Gasteiger partial charge in [0.25, 0.3) is 0 Å². The SMILES string of the molecule is Cc1c(CCC(NC(=O)OC(C)(C)C)C(C)C)ccn1C. The predicted molar refractivity (Wildman–Crippen MR) is 86.5 cm³/mol. The molecule has 1 aromatic heterocycles. The van der Waals surface area contributed by atoms with E-state index in [2.05, 4.69) is 50.0 Å². The van der Waals surface area contributed by atoms with E-state index in [0.717, 1.165) is 12.8 Å². The monoisotopic (exact) mass is 294 g/mol. The summed E-state index contributed by atoms with van der Waals surface area (Å²) in [6.07, 6.45) is 3.63. The number of amides is 1. The van der Waals surface area contributed by atoms with Crippen LogP contribution >= 0.6 is 0 Å². The molecule has 0 aromatic carbocycles. The molecular weight excluding hydrogens is 264 g/mol. The Morgan fingerprint density at radius 3 is 2.43 bits per heavy atom. The first-order valence-electron chi connectivity index (χ1n) is 7.70. The predicted octanol–water partition coefficient (Wildman–Crippen LogP) is 3.82. The molecule has 21 heavy (non-hydrogen) atoms. The summed E-state index contributed by atoms with van der Waals surface area (Å²) in [5, 5.41) is 3.00. The summed E-state index contributed by atoms with van der Waals surface area (Å²) in [5.74, 6) is 0.376. The van der Waals surface area contributed by atoms with Crippen molar-refractivity contribution in [3.8, 4) is 0 Å². The highest BCUT2D eigenvalue weighted by Gasteiger charge is 2.21. The molecule has 4 nitrogen and oxygen atoms in total. The largest absolute Gasteiger partial charge is 0.444 e. The number of carbonyl (C=O) groups excluding carboxylic acids is 1. The molecule has 0 saturated heterocycles. The molecule has 0 aliphatic rings. The minimum atomic E-state index is -0.457. The Labute approximate surface area is 128 Å². The van der Waals surface area contributed by atoms with Crippen LogP contribution < -0.4 is 5.32 Å². The van der Waals surface area contributed by atoms with Crippen LogP contribution in [-0.2, 0) is 18.2 Å². The molecule has 0 spiro atoms. The molecule has 0 saturated carbocycles. The van der Waals surface area contributed by atoms with Gasteiger partial charge in [0.15, 0.2) is 0 Å². The van der Waals surface area contributed by atoms with Gasteiger partial charge in [0.05, 0.1) is 0 Å². The smallest absolute Gasteiger partial charge is 0.407 e. The van der Waals surface area contributed by atoms with E-state index in [0.29, 0.717) is 5.92 Å². The molecule has 1 rings (SSSR count). The Balaban J connectivity index is 2.58. The minimum absolute atomic E-state index is 0.124. The number of aryl methyl sites for hydroxylation is 2. The van der Waals surface area contributed by atoms with Crippen LogP contribution in [0.25, 0.3) is 0 Å². The summed E-state index contributed by atoms with van der Waals surface area (Å²) < 4.78 is 7.47. The first-order chi connectivity index (χ1) is 9.60. The van der Waals surface area contributed by atoms with Crippen molar-refractivity contribution in [1.29, 1.82) is 0 Å². The van der Waals surface area contributed by atoms with Gasteiger partial charge in [-0.25, -0.2) is 4.79 Å². The van der Waals surface area contributed by atoms with E-state index in [1.165, 1.54) is 11.3 Å². The van der Waals surface area contributed by atoms with E-state index in [4.69, 9.17) is 4.74 Å². The molecule has 1 heterocycles. The number of aromatic nitrogens is 1. The Kier molecular flexibility index (Phi) is 5.87. The Hall–Kier alpha value is -1.45. The third-order valence-electron chi connectivity index (χ3n) is 3.72. The zero-order valence-electron chi connectivity index (χ0n) is 14.5. The molecule has 1 unspecified atom stereocenters. The second-order valence-corrected chi connectivity index (χ2v) is 7.07. The fourth-order valence-corrected chi connectivity index (χ4v) is 2.27. The molecule has 120 valence electrons. The Morgan fingerprint density at radius 2 is 2.00 bits per heavy atom. The van der Waals surface area contributed by atoms with Gasteiger partial charge in [-0.2, -0.15) is 0 Å². The van der Waals surface area contributed by atoms with Crippen molar-refractivity contribution in [3.05, 3.63) is 23.5 Å². The molecule has 1 amide bonds. The topological polar surface area (TPSA) is 43.3 Å². The lowest BCUT2D eigenvalue weighted by Crippen LogP contribution is -2.42. The van der Waals surface area contributed by atoms with Gasteiger partial charge in [-0.15, -0.1) is 0 Å². The molecule has 0 fully saturated rings. The number of carbonyl (C=O) groups is 1. The standard InChI is InChI=1S/C17H30N2O2/c1-12(2)15(18-16(20)21-17(4,5)6)9-8-14-10-11-19(7)13(14)3/h10-12,15H,8-9H2,1-7H3,(H,18,20). The molecule has 1 aromatic rings. The normalized spacial score (nSPS) is 13.3. The van der Waals surface area contributed by atoms with E-state index in [1.807, 2.05) is 20.8 Å². The highest BCUT2D eigenvalue weighted by Crippen LogP contribution is 2.16. The van der Waals surface area contributed by atoms with Crippen LogP contribution in [0.2, 0.25) is 0 Å². The van der Waals surface area contributed by atoms with Gasteiger partial charge in [-0.1, -0.05) is 13.8 Å². The summed E-state index contributed by atoms with van der Waals surface area (Å²) in [6, 6.07) is 2.28. The van der Waals surface area contributed by atoms with Gasteiger partial charge in [0.1, 0.15) is 5.60 Å². The number of alkyl carbamates (subject to hydrolysis) is 1. The maximum absolute atomic E-state index is 11.9. The van der Waals surface area contributed by atoms with Crippen LogP contribution in [0, 0.1) is 12.8 Å². The highest BCUT2D eigenvalue weighted by atomic mass is 16.6. The molecule has 0 aliphatic heterocycles. The average molecular weight is 294 g/mol. The summed E-state index contributed by atoms with van der Waals surface area (Å²) in [6.45, 7) is 12.0. The van der Waals surface area contributed by atoms with Crippen molar-refractivity contribution < 1.29 is 9.53 Å². The Bertz CT molecular complexity index is 470. The van der Waals surface area contributed by atoms with Gasteiger partial charge in [-0.05, 0) is 58.1 Å². The maximum Gasteiger partial charge on any atom is 0.407 e. The molecule has 1 atom stereocenters. The number of nitrogens with zero attached hydrogens (tertiary/aromatic N) is 1. The summed E-state index contributed by atoms with van der Waals surface area (Å²) in [7, 11) is 2.05. The fraction of sp³-hybridized carbons (Fsp3) is 0.706. The third kappa shape index (κ3) is 5.82. The van der Waals surface area contributed by atoms with E-state index in [9.17, 15) is 4.79 Å². The number of hydrogen-bond donors (Lipinski definition) is 1. The number of ether oxygens (including phenoxy) is 1. The lowest BCUT2D eigenvalue weighted by Gasteiger charge is -2.25. The van der Waals surface area contributed by atoms with Crippen LogP contribution in [0.1, 0.15) is 52.3 Å². The second-order valence-electron chi connectivity index (χ2n) is 7.07. The molecule has 4 heteroatoms. The number of nitrogens with one attached hydrogen (secondary N) is 1. The molecule has 0 aliphatic carbocycles. The fourth-order valence-electron chi connectivity index (χ4n) is 2.27. The van der Waals surface area contributed by atoms with Gasteiger partial charge >= 0.3 is 6.09 Å². The van der Waals surface area contributed by atoms with Crippen molar-refractivity contribution in [3.63, 3.8) is 0 Å². The van der Waals surface area contributed by atoms with Crippen molar-refractivity contribution in [1.82, 2.24) is 9.88 Å². The van der Waals surface area contributed by atoms with E-state index in [1.54, 1.807) is 0 Å². The third-order valence-corrected chi connectivity index (χ3v) is 3.72. The quantitative estimate of drug-likeness (QED) is 0.897. The number of hydrogen-bond acceptors (Lipinski definition) is 2. The summed E-state index contributed by atoms with van der Waals surface area (Å²) >= 11 is 0. The summed E-state index contributed by atoms with van der Waals surface area (Å²) in [5.41, 5.74) is 2.17. The lowest BCUT2D eigenvalue weighted by atomic mass is 9.97. The van der Waals surface area contributed by atoms with E-state index in [-0.39, 0.29) is 12.1 Å². The van der Waals surface area contributed by atoms with E-state index < -0.39 is 5.60 Å². The molecular formula is C17H30N2O2. The highest BCUT2D eigenvalue weighted by molar-refractivity contribution is 5.68. The van der Waals surface area contributed by atoms with Gasteiger partial charge in [0, 0.05) is 25.0 Å². The minimum Gasteiger partial charge on any atom is -0.444 e. The van der Waals surface area contributed by atoms with Gasteiger partial charge < -0.3 is 14.6 Å². The first kappa shape index (κ1) is 17.6. The van der Waals surface area contributed by atoms with Gasteiger partial charge in [-0.3, -0.25) is 0 Å². The van der Waals surface area contributed by atoms with Crippen molar-refractivity contribution in [2.45, 2.75) is 66.0 Å². The second kappa shape index (κ2) is 7.01. The van der Waals surface area contributed by atoms with Crippen molar-refractivity contribution in [2.24, 2.45) is 13.0 Å². The van der Waals surface area contributed by atoms with Crippen LogP contribution in [0.4, 0.5) is 4.79 Å². The zero-order chi connectivity index (χ0) is 16.2. The van der Waals surface area contributed by atoms with Crippen molar-refractivity contribution in [2.75, 3.05) is 0 Å². The lowest BCUT2D eigenvalue weighted by molar-refractivity contribution is 0.0487. The summed E-state index contributed by atoms with van der Waals surface area (Å²) in [4.78, 5) is 11.9.